The Morgan fingerprint density at radius 2 is 1.80 bits per heavy atom. The first kappa shape index (κ1) is 18.6. The van der Waals surface area contributed by atoms with Crippen LogP contribution in [0.4, 0.5) is 10.1 Å². The van der Waals surface area contributed by atoms with E-state index in [-0.39, 0.29) is 24.9 Å². The number of benzene rings is 2. The molecule has 0 unspecified atom stereocenters. The molecule has 1 amide bonds. The van der Waals surface area contributed by atoms with E-state index in [9.17, 15) is 14.0 Å². The van der Waals surface area contributed by atoms with Gasteiger partial charge in [-0.15, -0.1) is 0 Å². The van der Waals surface area contributed by atoms with E-state index >= 15 is 0 Å². The van der Waals surface area contributed by atoms with E-state index in [1.165, 1.54) is 12.1 Å². The molecule has 25 heavy (non-hydrogen) atoms. The smallest absolute Gasteiger partial charge is 0.340 e. The molecule has 0 saturated carbocycles. The van der Waals surface area contributed by atoms with E-state index < -0.39 is 5.97 Å². The maximum Gasteiger partial charge on any atom is 0.340 e. The first-order valence-electron chi connectivity index (χ1n) is 8.11. The molecule has 2 aromatic carbocycles. The molecule has 0 bridgehead atoms. The van der Waals surface area contributed by atoms with Gasteiger partial charge in [-0.3, -0.25) is 4.79 Å². The fourth-order valence-corrected chi connectivity index (χ4v) is 2.26. The molecule has 0 aliphatic rings. The summed E-state index contributed by atoms with van der Waals surface area (Å²) in [7, 11) is 0. The van der Waals surface area contributed by atoms with Crippen molar-refractivity contribution in [1.82, 2.24) is 5.32 Å². The van der Waals surface area contributed by atoms with Gasteiger partial charge in [0.1, 0.15) is 5.82 Å². The lowest BCUT2D eigenvalue weighted by atomic mass is 10.1. The number of anilines is 1. The lowest BCUT2D eigenvalue weighted by Crippen LogP contribution is -2.30. The van der Waals surface area contributed by atoms with Crippen LogP contribution in [0.3, 0.4) is 0 Å². The molecule has 2 rings (SSSR count). The molecule has 0 aromatic heterocycles. The lowest BCUT2D eigenvalue weighted by molar-refractivity contribution is -0.115. The van der Waals surface area contributed by atoms with Crippen molar-refractivity contribution in [2.24, 2.45) is 0 Å². The average molecular weight is 344 g/mol. The highest BCUT2D eigenvalue weighted by Gasteiger charge is 2.13. The van der Waals surface area contributed by atoms with E-state index in [0.29, 0.717) is 24.2 Å². The van der Waals surface area contributed by atoms with Crippen LogP contribution in [-0.4, -0.2) is 31.6 Å². The summed E-state index contributed by atoms with van der Waals surface area (Å²) in [5.41, 5.74) is 1.73. The summed E-state index contributed by atoms with van der Waals surface area (Å²) in [6, 6.07) is 13.0. The molecule has 0 heterocycles. The van der Waals surface area contributed by atoms with Crippen molar-refractivity contribution >= 4 is 17.6 Å². The quantitative estimate of drug-likeness (QED) is 0.571. The minimum absolute atomic E-state index is 0.109. The second-order valence-corrected chi connectivity index (χ2v) is 5.37. The number of hydrogen-bond acceptors (Lipinski definition) is 4. The summed E-state index contributed by atoms with van der Waals surface area (Å²) in [5, 5.41) is 5.72. The third-order valence-corrected chi connectivity index (χ3v) is 3.49. The predicted molar refractivity (Wildman–Crippen MR) is 94.0 cm³/mol. The molecule has 0 spiro atoms. The summed E-state index contributed by atoms with van der Waals surface area (Å²) in [6.07, 6.45) is 0.687. The minimum atomic E-state index is -0.470. The summed E-state index contributed by atoms with van der Waals surface area (Å²) in [5.74, 6) is -0.991. The number of esters is 1. The normalized spacial score (nSPS) is 10.3. The van der Waals surface area contributed by atoms with Gasteiger partial charge >= 0.3 is 5.97 Å². The number of carbonyl (C=O) groups is 2. The first-order chi connectivity index (χ1) is 12.1. The van der Waals surface area contributed by atoms with Gasteiger partial charge in [0, 0.05) is 0 Å². The van der Waals surface area contributed by atoms with Gasteiger partial charge in [-0.2, -0.15) is 0 Å². The monoisotopic (exact) mass is 344 g/mol. The Kier molecular flexibility index (Phi) is 7.10. The Hall–Kier alpha value is -2.73. The van der Waals surface area contributed by atoms with Crippen LogP contribution < -0.4 is 10.6 Å². The van der Waals surface area contributed by atoms with Crippen LogP contribution in [0.5, 0.6) is 0 Å². The van der Waals surface area contributed by atoms with Crippen molar-refractivity contribution in [2.45, 2.75) is 13.3 Å². The molecule has 132 valence electrons. The number of amides is 1. The molecule has 0 radical (unpaired) electrons. The van der Waals surface area contributed by atoms with E-state index in [1.54, 1.807) is 43.3 Å². The van der Waals surface area contributed by atoms with Crippen molar-refractivity contribution in [2.75, 3.05) is 25.0 Å². The zero-order valence-electron chi connectivity index (χ0n) is 14.0. The second-order valence-electron chi connectivity index (χ2n) is 5.37. The van der Waals surface area contributed by atoms with Gasteiger partial charge in [-0.1, -0.05) is 24.3 Å². The molecule has 0 fully saturated rings. The number of para-hydroxylation sites is 1. The van der Waals surface area contributed by atoms with Gasteiger partial charge in [0.15, 0.2) is 0 Å². The Morgan fingerprint density at radius 3 is 2.52 bits per heavy atom. The molecular formula is C19H21FN2O3. The highest BCUT2D eigenvalue weighted by molar-refractivity contribution is 6.01. The standard InChI is InChI=1S/C19H21FN2O3/c1-2-25-19(24)16-5-3-4-6-17(16)22-18(23)13-21-12-11-14-7-9-15(20)10-8-14/h3-10,21H,2,11-13H2,1H3,(H,22,23). The molecule has 0 aliphatic heterocycles. The Bertz CT molecular complexity index is 717. The number of ether oxygens (including phenoxy) is 1. The van der Waals surface area contributed by atoms with Crippen LogP contribution in [0.1, 0.15) is 22.8 Å². The zero-order valence-corrected chi connectivity index (χ0v) is 14.0. The van der Waals surface area contributed by atoms with Gasteiger partial charge in [0.25, 0.3) is 0 Å². The molecule has 0 saturated heterocycles. The van der Waals surface area contributed by atoms with Crippen LogP contribution in [0.25, 0.3) is 0 Å². The number of hydrogen-bond donors (Lipinski definition) is 2. The first-order valence-corrected chi connectivity index (χ1v) is 8.11. The summed E-state index contributed by atoms with van der Waals surface area (Å²) in [6.45, 7) is 2.69. The predicted octanol–water partition coefficient (Wildman–Crippen LogP) is 2.77. The van der Waals surface area contributed by atoms with Crippen molar-refractivity contribution < 1.29 is 18.7 Å². The maximum absolute atomic E-state index is 12.8. The van der Waals surface area contributed by atoms with Crippen molar-refractivity contribution in [3.05, 3.63) is 65.5 Å². The molecule has 0 atom stereocenters. The summed E-state index contributed by atoms with van der Waals surface area (Å²) >= 11 is 0. The van der Waals surface area contributed by atoms with Crippen LogP contribution >= 0.6 is 0 Å². The minimum Gasteiger partial charge on any atom is -0.462 e. The van der Waals surface area contributed by atoms with Gasteiger partial charge in [-0.05, 0) is 49.7 Å². The largest absolute Gasteiger partial charge is 0.462 e. The summed E-state index contributed by atoms with van der Waals surface area (Å²) in [4.78, 5) is 23.9. The van der Waals surface area contributed by atoms with Crippen LogP contribution in [0.15, 0.2) is 48.5 Å². The van der Waals surface area contributed by atoms with E-state index in [1.807, 2.05) is 0 Å². The van der Waals surface area contributed by atoms with Crippen molar-refractivity contribution in [3.8, 4) is 0 Å². The number of nitrogens with one attached hydrogen (secondary N) is 2. The van der Waals surface area contributed by atoms with Crippen molar-refractivity contribution in [1.29, 1.82) is 0 Å². The Labute approximate surface area is 146 Å². The van der Waals surface area contributed by atoms with Gasteiger partial charge < -0.3 is 15.4 Å². The second kappa shape index (κ2) is 9.54. The molecule has 2 aromatic rings. The molecule has 5 nitrogen and oxygen atoms in total. The highest BCUT2D eigenvalue weighted by atomic mass is 19.1. The average Bonchev–Trinajstić information content (AvgIpc) is 2.61. The Morgan fingerprint density at radius 1 is 1.08 bits per heavy atom. The van der Waals surface area contributed by atoms with Gasteiger partial charge in [0.05, 0.1) is 24.4 Å². The highest BCUT2D eigenvalue weighted by Crippen LogP contribution is 2.16. The van der Waals surface area contributed by atoms with E-state index in [2.05, 4.69) is 10.6 Å². The zero-order chi connectivity index (χ0) is 18.1. The number of carbonyl (C=O) groups excluding carboxylic acids is 2. The topological polar surface area (TPSA) is 67.4 Å². The third-order valence-electron chi connectivity index (χ3n) is 3.49. The number of halogens is 1. The third kappa shape index (κ3) is 6.00. The molecule has 6 heteroatoms. The fraction of sp³-hybridized carbons (Fsp3) is 0.263. The van der Waals surface area contributed by atoms with Crippen LogP contribution in [0.2, 0.25) is 0 Å². The lowest BCUT2D eigenvalue weighted by Gasteiger charge is -2.11. The van der Waals surface area contributed by atoms with Crippen LogP contribution in [-0.2, 0) is 16.0 Å². The van der Waals surface area contributed by atoms with Gasteiger partial charge in [0.2, 0.25) is 5.91 Å². The molecule has 2 N–H and O–H groups in total. The molecular weight excluding hydrogens is 323 g/mol. The van der Waals surface area contributed by atoms with Gasteiger partial charge in [-0.25, -0.2) is 9.18 Å². The Balaban J connectivity index is 1.80. The van der Waals surface area contributed by atoms with E-state index in [0.717, 1.165) is 5.56 Å². The van der Waals surface area contributed by atoms with Crippen LogP contribution in [0, 0.1) is 5.82 Å². The molecule has 0 aliphatic carbocycles. The van der Waals surface area contributed by atoms with Crippen molar-refractivity contribution in [3.63, 3.8) is 0 Å². The maximum atomic E-state index is 12.8. The SMILES string of the molecule is CCOC(=O)c1ccccc1NC(=O)CNCCc1ccc(F)cc1. The summed E-state index contributed by atoms with van der Waals surface area (Å²) < 4.78 is 17.8. The number of rotatable bonds is 8. The fourth-order valence-electron chi connectivity index (χ4n) is 2.26. The van der Waals surface area contributed by atoms with E-state index in [4.69, 9.17) is 4.74 Å².